The number of hydrogen-bond acceptors (Lipinski definition) is 3. The number of carbonyl (C=O) groups excluding carboxylic acids is 2. The Morgan fingerprint density at radius 2 is 1.96 bits per heavy atom. The molecule has 1 fully saturated rings. The number of anilines is 1. The summed E-state index contributed by atoms with van der Waals surface area (Å²) < 4.78 is 1.85. The number of rotatable bonds is 4. The summed E-state index contributed by atoms with van der Waals surface area (Å²) in [5, 5.41) is 6.56. The van der Waals surface area contributed by atoms with E-state index in [0.717, 1.165) is 37.8 Å². The fourth-order valence-electron chi connectivity index (χ4n) is 3.15. The Bertz CT molecular complexity index is 890. The molecule has 0 saturated heterocycles. The molecule has 2 amide bonds. The maximum atomic E-state index is 12.8. The molecule has 0 unspecified atom stereocenters. The Hall–Kier alpha value is -2.05. The number of nitrogens with one attached hydrogen (secondary N) is 2. The molecule has 6 nitrogen and oxygen atoms in total. The van der Waals surface area contributed by atoms with Gasteiger partial charge in [0, 0.05) is 17.6 Å². The first-order chi connectivity index (χ1) is 12.5. The second-order valence-electron chi connectivity index (χ2n) is 6.67. The third kappa shape index (κ3) is 3.44. The van der Waals surface area contributed by atoms with Gasteiger partial charge in [-0.3, -0.25) is 9.59 Å². The van der Waals surface area contributed by atoms with Crippen molar-refractivity contribution in [2.45, 2.75) is 44.7 Å². The van der Waals surface area contributed by atoms with Crippen molar-refractivity contribution < 1.29 is 9.59 Å². The lowest BCUT2D eigenvalue weighted by atomic mass is 10.1. The summed E-state index contributed by atoms with van der Waals surface area (Å²) in [4.78, 5) is 29.7. The molecule has 2 aromatic rings. The molecular weight excluding hydrogens is 375 g/mol. The molecule has 0 bridgehead atoms. The fraction of sp³-hybridized carbons (Fsp3) is 0.389. The summed E-state index contributed by atoms with van der Waals surface area (Å²) in [5.41, 5.74) is 1.66. The molecule has 1 aliphatic heterocycles. The van der Waals surface area contributed by atoms with Crippen LogP contribution >= 0.6 is 23.2 Å². The van der Waals surface area contributed by atoms with Gasteiger partial charge >= 0.3 is 0 Å². The lowest BCUT2D eigenvalue weighted by Gasteiger charge is -2.17. The van der Waals surface area contributed by atoms with Gasteiger partial charge in [-0.25, -0.2) is 4.98 Å². The quantitative estimate of drug-likeness (QED) is 0.832. The maximum absolute atomic E-state index is 12.8. The van der Waals surface area contributed by atoms with E-state index < -0.39 is 0 Å². The summed E-state index contributed by atoms with van der Waals surface area (Å²) in [6, 6.07) is 5.10. The lowest BCUT2D eigenvalue weighted by molar-refractivity contribution is 0.0945. The molecule has 0 spiro atoms. The predicted octanol–water partition coefficient (Wildman–Crippen LogP) is 3.67. The van der Waals surface area contributed by atoms with E-state index in [-0.39, 0.29) is 23.7 Å². The van der Waals surface area contributed by atoms with Crippen LogP contribution in [-0.4, -0.2) is 27.4 Å². The molecule has 1 aromatic carbocycles. The van der Waals surface area contributed by atoms with E-state index in [1.165, 1.54) is 0 Å². The first kappa shape index (κ1) is 17.4. The van der Waals surface area contributed by atoms with Crippen LogP contribution in [0, 0.1) is 0 Å². The Balaban J connectivity index is 1.63. The fourth-order valence-corrected chi connectivity index (χ4v) is 3.60. The van der Waals surface area contributed by atoms with E-state index in [0.29, 0.717) is 28.0 Å². The third-order valence-corrected chi connectivity index (χ3v) is 5.18. The number of carbonyl (C=O) groups is 2. The van der Waals surface area contributed by atoms with Crippen LogP contribution in [0.2, 0.25) is 10.0 Å². The van der Waals surface area contributed by atoms with Crippen LogP contribution in [-0.2, 0) is 13.0 Å². The average Bonchev–Trinajstić information content (AvgIpc) is 3.34. The molecular formula is C18H18Cl2N4O2. The predicted molar refractivity (Wildman–Crippen MR) is 100 cm³/mol. The number of imidazole rings is 1. The summed E-state index contributed by atoms with van der Waals surface area (Å²) in [7, 11) is 0. The molecule has 1 aliphatic carbocycles. The number of fused-ring (bicyclic) bond motifs is 1. The Morgan fingerprint density at radius 1 is 1.15 bits per heavy atom. The molecule has 8 heteroatoms. The number of nitrogens with zero attached hydrogens (tertiary/aromatic N) is 2. The van der Waals surface area contributed by atoms with E-state index in [9.17, 15) is 9.59 Å². The SMILES string of the molecule is O=C(NC1CC1)c1nc(C(=O)Nc2ccc(Cl)cc2Cl)n2c1CCCC2. The molecule has 136 valence electrons. The number of hydrogen-bond donors (Lipinski definition) is 2. The van der Waals surface area contributed by atoms with Gasteiger partial charge in [-0.05, 0) is 50.3 Å². The minimum atomic E-state index is -0.386. The third-order valence-electron chi connectivity index (χ3n) is 4.63. The summed E-state index contributed by atoms with van der Waals surface area (Å²) >= 11 is 12.0. The Morgan fingerprint density at radius 3 is 2.69 bits per heavy atom. The highest BCUT2D eigenvalue weighted by Crippen LogP contribution is 2.27. The highest BCUT2D eigenvalue weighted by Gasteiger charge is 2.30. The van der Waals surface area contributed by atoms with Gasteiger partial charge < -0.3 is 15.2 Å². The van der Waals surface area contributed by atoms with Crippen LogP contribution in [0.4, 0.5) is 5.69 Å². The molecule has 4 rings (SSSR count). The van der Waals surface area contributed by atoms with Crippen LogP contribution in [0.1, 0.15) is 52.5 Å². The number of aromatic nitrogens is 2. The van der Waals surface area contributed by atoms with Crippen LogP contribution in [0.25, 0.3) is 0 Å². The first-order valence-electron chi connectivity index (χ1n) is 8.69. The van der Waals surface area contributed by atoms with Gasteiger partial charge in [0.05, 0.1) is 16.4 Å². The highest BCUT2D eigenvalue weighted by atomic mass is 35.5. The first-order valence-corrected chi connectivity index (χ1v) is 9.45. The summed E-state index contributed by atoms with van der Waals surface area (Å²) in [6.07, 6.45) is 4.69. The van der Waals surface area contributed by atoms with Gasteiger partial charge in [0.15, 0.2) is 5.82 Å². The largest absolute Gasteiger partial charge is 0.348 e. The van der Waals surface area contributed by atoms with Crippen molar-refractivity contribution in [2.75, 3.05) is 5.32 Å². The molecule has 2 aliphatic rings. The van der Waals surface area contributed by atoms with Gasteiger partial charge in [-0.2, -0.15) is 0 Å². The van der Waals surface area contributed by atoms with Crippen LogP contribution < -0.4 is 10.6 Å². The second-order valence-corrected chi connectivity index (χ2v) is 7.51. The zero-order valence-electron chi connectivity index (χ0n) is 14.0. The average molecular weight is 393 g/mol. The summed E-state index contributed by atoms with van der Waals surface area (Å²) in [6.45, 7) is 0.677. The second kappa shape index (κ2) is 6.93. The van der Waals surface area contributed by atoms with Crippen LogP contribution in [0.5, 0.6) is 0 Å². The van der Waals surface area contributed by atoms with Crippen molar-refractivity contribution in [2.24, 2.45) is 0 Å². The molecule has 2 N–H and O–H groups in total. The number of amides is 2. The zero-order chi connectivity index (χ0) is 18.3. The number of halogens is 2. The minimum Gasteiger partial charge on any atom is -0.348 e. The monoisotopic (exact) mass is 392 g/mol. The van der Waals surface area contributed by atoms with E-state index >= 15 is 0 Å². The minimum absolute atomic E-state index is 0.193. The van der Waals surface area contributed by atoms with E-state index in [1.54, 1.807) is 18.2 Å². The number of benzene rings is 1. The van der Waals surface area contributed by atoms with Crippen molar-refractivity contribution in [3.05, 3.63) is 45.5 Å². The van der Waals surface area contributed by atoms with Gasteiger partial charge in [-0.15, -0.1) is 0 Å². The van der Waals surface area contributed by atoms with Crippen molar-refractivity contribution in [1.29, 1.82) is 0 Å². The zero-order valence-corrected chi connectivity index (χ0v) is 15.5. The van der Waals surface area contributed by atoms with Crippen molar-refractivity contribution >= 4 is 40.7 Å². The van der Waals surface area contributed by atoms with Gasteiger partial charge in [0.25, 0.3) is 11.8 Å². The van der Waals surface area contributed by atoms with Crippen LogP contribution in [0.15, 0.2) is 18.2 Å². The standard InChI is InChI=1S/C18H18Cl2N4O2/c19-10-4-7-13(12(20)9-10)22-18(26)16-23-15(17(25)21-11-5-6-11)14-3-1-2-8-24(14)16/h4,7,9,11H,1-3,5-6,8H2,(H,21,25)(H,22,26). The molecule has 0 radical (unpaired) electrons. The van der Waals surface area contributed by atoms with Crippen molar-refractivity contribution in [1.82, 2.24) is 14.9 Å². The highest BCUT2D eigenvalue weighted by molar-refractivity contribution is 6.36. The van der Waals surface area contributed by atoms with E-state index in [1.807, 2.05) is 4.57 Å². The van der Waals surface area contributed by atoms with E-state index in [4.69, 9.17) is 23.2 Å². The van der Waals surface area contributed by atoms with Crippen LogP contribution in [0.3, 0.4) is 0 Å². The van der Waals surface area contributed by atoms with Crippen molar-refractivity contribution in [3.63, 3.8) is 0 Å². The Kier molecular flexibility index (Phi) is 4.63. The summed E-state index contributed by atoms with van der Waals surface area (Å²) in [5.74, 6) is -0.337. The molecule has 1 aromatic heterocycles. The smallest absolute Gasteiger partial charge is 0.291 e. The van der Waals surface area contributed by atoms with Crippen molar-refractivity contribution in [3.8, 4) is 0 Å². The van der Waals surface area contributed by atoms with Gasteiger partial charge in [-0.1, -0.05) is 23.2 Å². The molecule has 2 heterocycles. The topological polar surface area (TPSA) is 76.0 Å². The lowest BCUT2D eigenvalue weighted by Crippen LogP contribution is -2.27. The van der Waals surface area contributed by atoms with Gasteiger partial charge in [0.2, 0.25) is 0 Å². The molecule has 0 atom stereocenters. The van der Waals surface area contributed by atoms with Gasteiger partial charge in [0.1, 0.15) is 5.69 Å². The maximum Gasteiger partial charge on any atom is 0.291 e. The molecule has 26 heavy (non-hydrogen) atoms. The normalized spacial score (nSPS) is 16.1. The van der Waals surface area contributed by atoms with E-state index in [2.05, 4.69) is 15.6 Å². The molecule has 1 saturated carbocycles. The Labute approximate surface area is 160 Å².